The first-order chi connectivity index (χ1) is 13.8. The number of nitro groups is 1. The van der Waals surface area contributed by atoms with E-state index < -0.39 is 10.8 Å². The van der Waals surface area contributed by atoms with E-state index in [9.17, 15) is 19.7 Å². The normalized spacial score (nSPS) is 10.3. The Morgan fingerprint density at radius 1 is 0.862 bits per heavy atom. The van der Waals surface area contributed by atoms with Gasteiger partial charge in [-0.25, -0.2) is 0 Å². The van der Waals surface area contributed by atoms with Crippen LogP contribution in [0.5, 0.6) is 0 Å². The Hall–Kier alpha value is -3.71. The predicted molar refractivity (Wildman–Crippen MR) is 112 cm³/mol. The van der Waals surface area contributed by atoms with Crippen LogP contribution in [0.25, 0.3) is 0 Å². The van der Waals surface area contributed by atoms with E-state index in [4.69, 9.17) is 11.6 Å². The Bertz CT molecular complexity index is 1080. The molecule has 0 atom stereocenters. The average molecular weight is 410 g/mol. The number of carbonyl (C=O) groups is 2. The lowest BCUT2D eigenvalue weighted by Crippen LogP contribution is -2.14. The van der Waals surface area contributed by atoms with Crippen molar-refractivity contribution in [3.63, 3.8) is 0 Å². The standard InChI is InChI=1S/C21H16ClN3O4/c1-13-2-9-17(23-20(26)15-5-10-18(11-6-15)25(28)29)12-19(13)24-21(27)14-3-7-16(22)8-4-14/h2-12H,1H3,(H,23,26)(H,24,27). The van der Waals surface area contributed by atoms with Gasteiger partial charge in [0.2, 0.25) is 0 Å². The second-order valence-electron chi connectivity index (χ2n) is 6.25. The first-order valence-electron chi connectivity index (χ1n) is 8.57. The molecule has 8 heteroatoms. The molecule has 146 valence electrons. The summed E-state index contributed by atoms with van der Waals surface area (Å²) >= 11 is 5.84. The van der Waals surface area contributed by atoms with Crippen LogP contribution in [0.1, 0.15) is 26.3 Å². The summed E-state index contributed by atoms with van der Waals surface area (Å²) in [7, 11) is 0. The summed E-state index contributed by atoms with van der Waals surface area (Å²) in [5.41, 5.74) is 2.48. The van der Waals surface area contributed by atoms with Crippen LogP contribution >= 0.6 is 11.6 Å². The van der Waals surface area contributed by atoms with Crippen LogP contribution < -0.4 is 10.6 Å². The molecule has 3 aromatic carbocycles. The van der Waals surface area contributed by atoms with Gasteiger partial charge in [0.1, 0.15) is 0 Å². The van der Waals surface area contributed by atoms with Crippen LogP contribution in [0.2, 0.25) is 5.02 Å². The summed E-state index contributed by atoms with van der Waals surface area (Å²) in [6.07, 6.45) is 0. The van der Waals surface area contributed by atoms with Gasteiger partial charge in [-0.3, -0.25) is 19.7 Å². The number of hydrogen-bond acceptors (Lipinski definition) is 4. The molecule has 2 N–H and O–H groups in total. The number of carbonyl (C=O) groups excluding carboxylic acids is 2. The molecule has 0 saturated carbocycles. The summed E-state index contributed by atoms with van der Waals surface area (Å²) < 4.78 is 0. The fourth-order valence-corrected chi connectivity index (χ4v) is 2.69. The van der Waals surface area contributed by atoms with E-state index in [1.54, 1.807) is 42.5 Å². The summed E-state index contributed by atoms with van der Waals surface area (Å²) in [6.45, 7) is 1.83. The van der Waals surface area contributed by atoms with Gasteiger partial charge in [0, 0.05) is 39.7 Å². The Kier molecular flexibility index (Phi) is 5.90. The zero-order valence-corrected chi connectivity index (χ0v) is 16.1. The van der Waals surface area contributed by atoms with Crippen LogP contribution in [0, 0.1) is 17.0 Å². The molecule has 3 rings (SSSR count). The zero-order chi connectivity index (χ0) is 21.0. The van der Waals surface area contributed by atoms with Gasteiger partial charge in [-0.2, -0.15) is 0 Å². The minimum absolute atomic E-state index is 0.0934. The summed E-state index contributed by atoms with van der Waals surface area (Å²) in [5, 5.41) is 16.8. The van der Waals surface area contributed by atoms with Gasteiger partial charge in [-0.05, 0) is 61.0 Å². The quantitative estimate of drug-likeness (QED) is 0.454. The van der Waals surface area contributed by atoms with E-state index in [0.29, 0.717) is 22.0 Å². The molecule has 0 aliphatic carbocycles. The molecule has 29 heavy (non-hydrogen) atoms. The zero-order valence-electron chi connectivity index (χ0n) is 15.3. The first-order valence-corrected chi connectivity index (χ1v) is 8.94. The van der Waals surface area contributed by atoms with E-state index >= 15 is 0 Å². The minimum atomic E-state index is -0.530. The van der Waals surface area contributed by atoms with Crippen molar-refractivity contribution in [2.45, 2.75) is 6.92 Å². The van der Waals surface area contributed by atoms with E-state index in [1.165, 1.54) is 24.3 Å². The van der Waals surface area contributed by atoms with Crippen LogP contribution in [0.15, 0.2) is 66.7 Å². The van der Waals surface area contributed by atoms with Gasteiger partial charge in [-0.15, -0.1) is 0 Å². The third-order valence-electron chi connectivity index (χ3n) is 4.19. The van der Waals surface area contributed by atoms with Crippen molar-refractivity contribution in [3.05, 3.63) is 98.6 Å². The average Bonchev–Trinajstić information content (AvgIpc) is 2.71. The van der Waals surface area contributed by atoms with Gasteiger partial charge >= 0.3 is 0 Å². The number of nitro benzene ring substituents is 1. The highest BCUT2D eigenvalue weighted by Crippen LogP contribution is 2.22. The number of amides is 2. The minimum Gasteiger partial charge on any atom is -0.322 e. The largest absolute Gasteiger partial charge is 0.322 e. The number of aryl methyl sites for hydroxylation is 1. The summed E-state index contributed by atoms with van der Waals surface area (Å²) in [5.74, 6) is -0.720. The molecule has 0 unspecified atom stereocenters. The smallest absolute Gasteiger partial charge is 0.269 e. The molecule has 0 aliphatic rings. The lowest BCUT2D eigenvalue weighted by Gasteiger charge is -2.12. The van der Waals surface area contributed by atoms with Gasteiger partial charge in [-0.1, -0.05) is 17.7 Å². The van der Waals surface area contributed by atoms with Crippen molar-refractivity contribution < 1.29 is 14.5 Å². The molecular weight excluding hydrogens is 394 g/mol. The number of nitrogens with one attached hydrogen (secondary N) is 2. The van der Waals surface area contributed by atoms with Crippen LogP contribution in [-0.4, -0.2) is 16.7 Å². The molecule has 0 saturated heterocycles. The Labute approximate surface area is 171 Å². The number of hydrogen-bond donors (Lipinski definition) is 2. The van der Waals surface area contributed by atoms with E-state index in [2.05, 4.69) is 10.6 Å². The molecule has 0 bridgehead atoms. The molecule has 0 aliphatic heterocycles. The van der Waals surface area contributed by atoms with Gasteiger partial charge in [0.15, 0.2) is 0 Å². The van der Waals surface area contributed by atoms with Crippen LogP contribution in [0.3, 0.4) is 0 Å². The van der Waals surface area contributed by atoms with E-state index in [-0.39, 0.29) is 17.2 Å². The maximum absolute atomic E-state index is 12.4. The van der Waals surface area contributed by atoms with Gasteiger partial charge in [0.25, 0.3) is 17.5 Å². The molecule has 0 fully saturated rings. The fourth-order valence-electron chi connectivity index (χ4n) is 2.57. The van der Waals surface area contributed by atoms with Crippen LogP contribution in [0.4, 0.5) is 17.1 Å². The SMILES string of the molecule is Cc1ccc(NC(=O)c2ccc([N+](=O)[O-])cc2)cc1NC(=O)c1ccc(Cl)cc1. The first kappa shape index (κ1) is 20.0. The highest BCUT2D eigenvalue weighted by Gasteiger charge is 2.12. The molecule has 0 aromatic heterocycles. The lowest BCUT2D eigenvalue weighted by molar-refractivity contribution is -0.384. The van der Waals surface area contributed by atoms with Crippen LogP contribution in [-0.2, 0) is 0 Å². The maximum atomic E-state index is 12.4. The van der Waals surface area contributed by atoms with Crippen molar-refractivity contribution in [1.29, 1.82) is 0 Å². The second-order valence-corrected chi connectivity index (χ2v) is 6.69. The molecular formula is C21H16ClN3O4. The number of rotatable bonds is 5. The monoisotopic (exact) mass is 409 g/mol. The summed E-state index contributed by atoms with van der Waals surface area (Å²) in [4.78, 5) is 35.0. The number of halogens is 1. The highest BCUT2D eigenvalue weighted by molar-refractivity contribution is 6.30. The number of non-ortho nitro benzene ring substituents is 1. The molecule has 7 nitrogen and oxygen atoms in total. The maximum Gasteiger partial charge on any atom is 0.269 e. The van der Waals surface area contributed by atoms with Crippen molar-refractivity contribution in [3.8, 4) is 0 Å². The Morgan fingerprint density at radius 3 is 2.00 bits per heavy atom. The Morgan fingerprint density at radius 2 is 1.41 bits per heavy atom. The highest BCUT2D eigenvalue weighted by atomic mass is 35.5. The number of anilines is 2. The molecule has 0 spiro atoms. The van der Waals surface area contributed by atoms with Crippen molar-refractivity contribution in [1.82, 2.24) is 0 Å². The lowest BCUT2D eigenvalue weighted by atomic mass is 10.1. The summed E-state index contributed by atoms with van der Waals surface area (Å²) in [6, 6.07) is 16.9. The predicted octanol–water partition coefficient (Wildman–Crippen LogP) is 5.06. The van der Waals surface area contributed by atoms with Crippen molar-refractivity contribution in [2.24, 2.45) is 0 Å². The fraction of sp³-hybridized carbons (Fsp3) is 0.0476. The molecule has 0 heterocycles. The van der Waals surface area contributed by atoms with E-state index in [0.717, 1.165) is 5.56 Å². The molecule has 0 radical (unpaired) electrons. The number of benzene rings is 3. The topological polar surface area (TPSA) is 101 Å². The third kappa shape index (κ3) is 4.97. The number of nitrogens with zero attached hydrogens (tertiary/aromatic N) is 1. The van der Waals surface area contributed by atoms with Gasteiger partial charge < -0.3 is 10.6 Å². The molecule has 2 amide bonds. The van der Waals surface area contributed by atoms with E-state index in [1.807, 2.05) is 6.92 Å². The Balaban J connectivity index is 1.74. The van der Waals surface area contributed by atoms with Crippen molar-refractivity contribution >= 4 is 40.5 Å². The second kappa shape index (κ2) is 8.53. The van der Waals surface area contributed by atoms with Crippen molar-refractivity contribution in [2.75, 3.05) is 10.6 Å². The third-order valence-corrected chi connectivity index (χ3v) is 4.44. The molecule has 3 aromatic rings. The van der Waals surface area contributed by atoms with Gasteiger partial charge in [0.05, 0.1) is 4.92 Å².